The first kappa shape index (κ1) is 44.2. The minimum absolute atomic E-state index is 0.558. The number of hydrogen-bond donors (Lipinski definition) is 0. The molecule has 0 N–H and O–H groups in total. The molecule has 2 aliphatic carbocycles. The Hall–Kier alpha value is -9.56. The van der Waals surface area contributed by atoms with Crippen LogP contribution in [-0.4, -0.2) is 0 Å². The summed E-state index contributed by atoms with van der Waals surface area (Å²) in [6, 6.07) is 115. The molecule has 75 heavy (non-hydrogen) atoms. The smallest absolute Gasteiger partial charge is 0.0714 e. The van der Waals surface area contributed by atoms with Gasteiger partial charge in [0.15, 0.2) is 0 Å². The van der Waals surface area contributed by atoms with Gasteiger partial charge in [-0.05, 0) is 125 Å². The molecule has 0 bridgehead atoms. The molecule has 0 atom stereocenters. The Balaban J connectivity index is 1.02. The number of anilines is 3. The first-order valence-electron chi connectivity index (χ1n) is 26.1. The fourth-order valence-electron chi connectivity index (χ4n) is 12.8. The molecule has 0 unspecified atom stereocenters. The first-order valence-corrected chi connectivity index (χ1v) is 26.1. The Labute approximate surface area is 440 Å². The third-order valence-electron chi connectivity index (χ3n) is 16.1. The molecule has 0 saturated heterocycles. The fourth-order valence-corrected chi connectivity index (χ4v) is 12.8. The Morgan fingerprint density at radius 3 is 1.08 bits per heavy atom. The van der Waals surface area contributed by atoms with E-state index in [9.17, 15) is 0 Å². The second-order valence-corrected chi connectivity index (χ2v) is 19.9. The summed E-state index contributed by atoms with van der Waals surface area (Å²) in [5.41, 5.74) is 24.3. The summed E-state index contributed by atoms with van der Waals surface area (Å²) in [5, 5.41) is 0. The van der Waals surface area contributed by atoms with Crippen LogP contribution in [0.3, 0.4) is 0 Å². The fraction of sp³-hybridized carbons (Fsp3) is 0.0270. The van der Waals surface area contributed by atoms with Crippen LogP contribution in [0.1, 0.15) is 44.5 Å². The summed E-state index contributed by atoms with van der Waals surface area (Å²) in [6.45, 7) is 0. The minimum atomic E-state index is -0.605. The number of hydrogen-bond acceptors (Lipinski definition) is 1. The van der Waals surface area contributed by atoms with Gasteiger partial charge in [0.25, 0.3) is 0 Å². The summed E-state index contributed by atoms with van der Waals surface area (Å²) < 4.78 is 0. The van der Waals surface area contributed by atoms with Crippen LogP contribution in [0, 0.1) is 0 Å². The van der Waals surface area contributed by atoms with Gasteiger partial charge in [0, 0.05) is 16.9 Å². The van der Waals surface area contributed by atoms with Crippen LogP contribution in [-0.2, 0) is 10.8 Å². The molecule has 352 valence electrons. The van der Waals surface area contributed by atoms with E-state index in [4.69, 9.17) is 0 Å². The van der Waals surface area contributed by atoms with Gasteiger partial charge in [-0.3, -0.25) is 0 Å². The van der Waals surface area contributed by atoms with Crippen LogP contribution >= 0.6 is 0 Å². The van der Waals surface area contributed by atoms with Gasteiger partial charge in [0.2, 0.25) is 0 Å². The highest BCUT2D eigenvalue weighted by atomic mass is 15.1. The molecular formula is C74H51N. The van der Waals surface area contributed by atoms with Crippen molar-refractivity contribution in [1.82, 2.24) is 0 Å². The highest BCUT2D eigenvalue weighted by molar-refractivity contribution is 5.95. The van der Waals surface area contributed by atoms with Crippen molar-refractivity contribution in [2.24, 2.45) is 0 Å². The lowest BCUT2D eigenvalue weighted by atomic mass is 9.67. The Kier molecular flexibility index (Phi) is 10.7. The third kappa shape index (κ3) is 7.00. The molecule has 0 heterocycles. The quantitative estimate of drug-likeness (QED) is 0.132. The maximum absolute atomic E-state index is 2.51. The minimum Gasteiger partial charge on any atom is -0.310 e. The Morgan fingerprint density at radius 1 is 0.200 bits per heavy atom. The van der Waals surface area contributed by atoms with Crippen molar-refractivity contribution in [1.29, 1.82) is 0 Å². The van der Waals surface area contributed by atoms with Crippen LogP contribution in [0.25, 0.3) is 55.6 Å². The van der Waals surface area contributed by atoms with Crippen molar-refractivity contribution in [3.63, 3.8) is 0 Å². The van der Waals surface area contributed by atoms with Crippen LogP contribution in [0.2, 0.25) is 0 Å². The lowest BCUT2D eigenvalue weighted by Gasteiger charge is -2.35. The summed E-state index contributed by atoms with van der Waals surface area (Å²) >= 11 is 0. The number of fused-ring (bicyclic) bond motifs is 6. The van der Waals surface area contributed by atoms with Crippen LogP contribution in [0.15, 0.2) is 309 Å². The van der Waals surface area contributed by atoms with Gasteiger partial charge >= 0.3 is 0 Å². The monoisotopic (exact) mass is 953 g/mol. The topological polar surface area (TPSA) is 3.24 Å². The normalized spacial score (nSPS) is 13.3. The molecule has 0 fully saturated rings. The van der Waals surface area contributed by atoms with Gasteiger partial charge in [-0.15, -0.1) is 0 Å². The molecule has 1 nitrogen and oxygen atoms in total. The predicted octanol–water partition coefficient (Wildman–Crippen LogP) is 18.9. The lowest BCUT2D eigenvalue weighted by Crippen LogP contribution is -2.29. The SMILES string of the molecule is c1ccc(-c2ccc(C3(c4ccc(-c5ccccc5)cc4)c4ccccc4-c4cc(N(c5ccc6c(c5)C(c5ccccc5)(c5ccccc5)c5ccccc5-6)c5ccccc5-c5ccccc5)ccc43)cc2)cc1. The maximum atomic E-state index is 2.51. The lowest BCUT2D eigenvalue weighted by molar-refractivity contribution is 0.768. The zero-order valence-electron chi connectivity index (χ0n) is 41.4. The molecule has 14 rings (SSSR count). The van der Waals surface area contributed by atoms with E-state index in [0.29, 0.717) is 0 Å². The molecule has 12 aromatic carbocycles. The average Bonchev–Trinajstić information content (AvgIpc) is 4.00. The van der Waals surface area contributed by atoms with Gasteiger partial charge in [-0.1, -0.05) is 279 Å². The van der Waals surface area contributed by atoms with E-state index < -0.39 is 10.8 Å². The van der Waals surface area contributed by atoms with Crippen LogP contribution < -0.4 is 4.90 Å². The largest absolute Gasteiger partial charge is 0.310 e. The van der Waals surface area contributed by atoms with Crippen LogP contribution in [0.5, 0.6) is 0 Å². The molecule has 1 heteroatoms. The predicted molar refractivity (Wildman–Crippen MR) is 312 cm³/mol. The maximum Gasteiger partial charge on any atom is 0.0714 e. The molecule has 2 aliphatic rings. The van der Waals surface area contributed by atoms with Gasteiger partial charge in [0.05, 0.1) is 16.5 Å². The molecule has 12 aromatic rings. The first-order chi connectivity index (χ1) is 37.2. The van der Waals surface area contributed by atoms with Gasteiger partial charge in [-0.2, -0.15) is 0 Å². The van der Waals surface area contributed by atoms with E-state index in [2.05, 4.69) is 314 Å². The van der Waals surface area contributed by atoms with E-state index in [1.807, 2.05) is 0 Å². The van der Waals surface area contributed by atoms with Crippen molar-refractivity contribution in [3.8, 4) is 55.6 Å². The number of benzene rings is 12. The molecule has 0 amide bonds. The average molecular weight is 954 g/mol. The zero-order chi connectivity index (χ0) is 49.8. The molecule has 0 aliphatic heterocycles. The summed E-state index contributed by atoms with van der Waals surface area (Å²) in [4.78, 5) is 2.51. The summed E-state index contributed by atoms with van der Waals surface area (Å²) in [7, 11) is 0. The second kappa shape index (κ2) is 18.2. The van der Waals surface area contributed by atoms with E-state index in [-0.39, 0.29) is 0 Å². The molecule has 0 radical (unpaired) electrons. The standard InChI is InChI=1S/C74H51N/c1-6-22-52(23-7-1)54-38-42-59(43-39-54)73(60-44-40-55(41-45-60)53-24-8-2-9-25-53)69-36-20-17-34-65(69)67-50-61(47-49-70(67)73)75(72-37-21-18-32-63(72)56-26-10-3-11-27-56)62-46-48-66-64-33-16-19-35-68(64)74(71(66)51-62,57-28-12-4-13-29-57)58-30-14-5-15-31-58/h1-51H. The summed E-state index contributed by atoms with van der Waals surface area (Å²) in [6.07, 6.45) is 0. The van der Waals surface area contributed by atoms with Crippen molar-refractivity contribution in [2.45, 2.75) is 10.8 Å². The number of rotatable bonds is 10. The molecule has 0 spiro atoms. The van der Waals surface area contributed by atoms with E-state index in [1.54, 1.807) is 0 Å². The van der Waals surface area contributed by atoms with Gasteiger partial charge < -0.3 is 4.90 Å². The highest BCUT2D eigenvalue weighted by Crippen LogP contribution is 2.60. The second-order valence-electron chi connectivity index (χ2n) is 19.9. The van der Waals surface area contributed by atoms with Gasteiger partial charge in [-0.25, -0.2) is 0 Å². The van der Waals surface area contributed by atoms with Crippen molar-refractivity contribution in [2.75, 3.05) is 4.90 Å². The van der Waals surface area contributed by atoms with Crippen molar-refractivity contribution >= 4 is 17.1 Å². The zero-order valence-corrected chi connectivity index (χ0v) is 41.4. The highest BCUT2D eigenvalue weighted by Gasteiger charge is 2.48. The molecular weight excluding hydrogens is 903 g/mol. The third-order valence-corrected chi connectivity index (χ3v) is 16.1. The van der Waals surface area contributed by atoms with E-state index >= 15 is 0 Å². The van der Waals surface area contributed by atoms with E-state index in [0.717, 1.165) is 28.2 Å². The molecule has 0 saturated carbocycles. The van der Waals surface area contributed by atoms with E-state index in [1.165, 1.54) is 89.0 Å². The number of nitrogens with zero attached hydrogens (tertiary/aromatic N) is 1. The Bertz CT molecular complexity index is 3890. The molecule has 0 aromatic heterocycles. The van der Waals surface area contributed by atoms with Crippen molar-refractivity contribution < 1.29 is 0 Å². The number of para-hydroxylation sites is 1. The van der Waals surface area contributed by atoms with Crippen LogP contribution in [0.4, 0.5) is 17.1 Å². The summed E-state index contributed by atoms with van der Waals surface area (Å²) in [5.74, 6) is 0. The van der Waals surface area contributed by atoms with Crippen molar-refractivity contribution in [3.05, 3.63) is 354 Å². The van der Waals surface area contributed by atoms with Gasteiger partial charge in [0.1, 0.15) is 0 Å². The Morgan fingerprint density at radius 2 is 0.547 bits per heavy atom.